The molecule has 29 heavy (non-hydrogen) atoms. The number of carbonyl (C=O) groups excluding carboxylic acids is 1. The molecule has 0 saturated carbocycles. The Balaban J connectivity index is 1.24. The first-order valence-corrected chi connectivity index (χ1v) is 10.1. The quantitative estimate of drug-likeness (QED) is 0.761. The minimum Gasteiger partial charge on any atom is -0.370 e. The van der Waals surface area contributed by atoms with Gasteiger partial charge in [0.1, 0.15) is 17.7 Å². The Hall–Kier alpha value is -2.29. The lowest BCUT2D eigenvalue weighted by Gasteiger charge is -2.37. The van der Waals surface area contributed by atoms with Gasteiger partial charge in [0.25, 0.3) is 0 Å². The molecule has 1 atom stereocenters. The minimum absolute atomic E-state index is 0.126. The van der Waals surface area contributed by atoms with Gasteiger partial charge < -0.3 is 14.2 Å². The number of hydrogen-bond acceptors (Lipinski definition) is 6. The standard InChI is InChI=1S/C21H27FN4O3/c1-16-12-19(23-29-16)13-24-6-8-25(9-7-24)15-21(27)26-10-11-28-20(14-26)17-2-4-18(22)5-3-17/h2-5,12,20H,6-11,13-15H2,1H3. The molecule has 7 nitrogen and oxygen atoms in total. The van der Waals surface area contributed by atoms with Gasteiger partial charge in [-0.2, -0.15) is 0 Å². The minimum atomic E-state index is -0.268. The number of amides is 1. The molecule has 1 unspecified atom stereocenters. The van der Waals surface area contributed by atoms with E-state index in [0.29, 0.717) is 26.2 Å². The van der Waals surface area contributed by atoms with E-state index in [9.17, 15) is 9.18 Å². The third kappa shape index (κ3) is 5.20. The summed E-state index contributed by atoms with van der Waals surface area (Å²) in [5.74, 6) is 0.685. The molecule has 0 radical (unpaired) electrons. The fraction of sp³-hybridized carbons (Fsp3) is 0.524. The Morgan fingerprint density at radius 3 is 2.55 bits per heavy atom. The highest BCUT2D eigenvalue weighted by molar-refractivity contribution is 5.78. The van der Waals surface area contributed by atoms with Crippen LogP contribution in [0.2, 0.25) is 0 Å². The number of rotatable bonds is 5. The van der Waals surface area contributed by atoms with E-state index < -0.39 is 0 Å². The number of ether oxygens (including phenoxy) is 1. The summed E-state index contributed by atoms with van der Waals surface area (Å²) in [6, 6.07) is 8.28. The van der Waals surface area contributed by atoms with Gasteiger partial charge in [0.2, 0.25) is 5.91 Å². The SMILES string of the molecule is Cc1cc(CN2CCN(CC(=O)N3CCOC(c4ccc(F)cc4)C3)CC2)no1. The molecule has 2 fully saturated rings. The molecule has 0 bridgehead atoms. The molecule has 0 N–H and O–H groups in total. The lowest BCUT2D eigenvalue weighted by Crippen LogP contribution is -2.51. The number of morpholine rings is 1. The number of aryl methyl sites for hydroxylation is 1. The van der Waals surface area contributed by atoms with Crippen LogP contribution in [0.15, 0.2) is 34.9 Å². The highest BCUT2D eigenvalue weighted by Crippen LogP contribution is 2.22. The zero-order valence-corrected chi connectivity index (χ0v) is 16.7. The predicted octanol–water partition coefficient (Wildman–Crippen LogP) is 1.84. The molecule has 156 valence electrons. The summed E-state index contributed by atoms with van der Waals surface area (Å²) in [7, 11) is 0. The van der Waals surface area contributed by atoms with E-state index in [1.165, 1.54) is 12.1 Å². The van der Waals surface area contributed by atoms with E-state index in [0.717, 1.165) is 49.7 Å². The van der Waals surface area contributed by atoms with Crippen LogP contribution in [-0.4, -0.2) is 78.2 Å². The van der Waals surface area contributed by atoms with Crippen LogP contribution in [0, 0.1) is 12.7 Å². The van der Waals surface area contributed by atoms with Gasteiger partial charge in [0.15, 0.2) is 0 Å². The Morgan fingerprint density at radius 2 is 1.86 bits per heavy atom. The van der Waals surface area contributed by atoms with E-state index in [-0.39, 0.29) is 17.8 Å². The van der Waals surface area contributed by atoms with Gasteiger partial charge in [0, 0.05) is 45.3 Å². The Morgan fingerprint density at radius 1 is 1.14 bits per heavy atom. The lowest BCUT2D eigenvalue weighted by molar-refractivity contribution is -0.140. The monoisotopic (exact) mass is 402 g/mol. The van der Waals surface area contributed by atoms with Crippen LogP contribution in [0.3, 0.4) is 0 Å². The summed E-state index contributed by atoms with van der Waals surface area (Å²) in [6.07, 6.45) is -0.198. The van der Waals surface area contributed by atoms with Crippen molar-refractivity contribution in [2.45, 2.75) is 19.6 Å². The average Bonchev–Trinajstić information content (AvgIpc) is 3.14. The number of halogens is 1. The Bertz CT molecular complexity index is 818. The van der Waals surface area contributed by atoms with Crippen molar-refractivity contribution in [1.29, 1.82) is 0 Å². The highest BCUT2D eigenvalue weighted by atomic mass is 19.1. The number of nitrogens with zero attached hydrogens (tertiary/aromatic N) is 4. The van der Waals surface area contributed by atoms with E-state index in [1.807, 2.05) is 17.9 Å². The van der Waals surface area contributed by atoms with Gasteiger partial charge in [0.05, 0.1) is 25.4 Å². The molecule has 0 spiro atoms. The predicted molar refractivity (Wildman–Crippen MR) is 105 cm³/mol. The largest absolute Gasteiger partial charge is 0.370 e. The number of piperazine rings is 1. The van der Waals surface area contributed by atoms with E-state index in [1.54, 1.807) is 12.1 Å². The van der Waals surface area contributed by atoms with Crippen LogP contribution >= 0.6 is 0 Å². The van der Waals surface area contributed by atoms with Gasteiger partial charge in [-0.3, -0.25) is 14.6 Å². The molecule has 2 aromatic rings. The van der Waals surface area contributed by atoms with Crippen molar-refractivity contribution in [3.8, 4) is 0 Å². The number of aromatic nitrogens is 1. The summed E-state index contributed by atoms with van der Waals surface area (Å²) in [4.78, 5) is 19.2. The summed E-state index contributed by atoms with van der Waals surface area (Å²) >= 11 is 0. The molecule has 2 saturated heterocycles. The van der Waals surface area contributed by atoms with Crippen LogP contribution in [0.5, 0.6) is 0 Å². The van der Waals surface area contributed by atoms with E-state index in [4.69, 9.17) is 9.26 Å². The van der Waals surface area contributed by atoms with Gasteiger partial charge >= 0.3 is 0 Å². The van der Waals surface area contributed by atoms with Crippen molar-refractivity contribution < 1.29 is 18.4 Å². The maximum Gasteiger partial charge on any atom is 0.236 e. The molecule has 8 heteroatoms. The molecule has 4 rings (SSSR count). The average molecular weight is 402 g/mol. The van der Waals surface area contributed by atoms with Gasteiger partial charge in [-0.15, -0.1) is 0 Å². The first-order chi connectivity index (χ1) is 14.1. The molecule has 2 aliphatic heterocycles. The molecular weight excluding hydrogens is 375 g/mol. The number of benzene rings is 1. The van der Waals surface area contributed by atoms with Gasteiger partial charge in [-0.1, -0.05) is 17.3 Å². The number of carbonyl (C=O) groups is 1. The summed E-state index contributed by atoms with van der Waals surface area (Å²) in [5.41, 5.74) is 1.85. The van der Waals surface area contributed by atoms with E-state index in [2.05, 4.69) is 15.0 Å². The first-order valence-electron chi connectivity index (χ1n) is 10.1. The molecule has 1 amide bonds. The third-order valence-electron chi connectivity index (χ3n) is 5.55. The molecule has 1 aromatic carbocycles. The second-order valence-electron chi connectivity index (χ2n) is 7.73. The van der Waals surface area contributed by atoms with Crippen molar-refractivity contribution in [1.82, 2.24) is 19.9 Å². The van der Waals surface area contributed by atoms with Crippen molar-refractivity contribution >= 4 is 5.91 Å². The second kappa shape index (κ2) is 9.02. The van der Waals surface area contributed by atoms with Crippen LogP contribution in [0.1, 0.15) is 23.1 Å². The summed E-state index contributed by atoms with van der Waals surface area (Å²) < 4.78 is 24.1. The van der Waals surface area contributed by atoms with Crippen LogP contribution in [0.25, 0.3) is 0 Å². The van der Waals surface area contributed by atoms with Crippen molar-refractivity contribution in [2.24, 2.45) is 0 Å². The van der Waals surface area contributed by atoms with E-state index >= 15 is 0 Å². The molecule has 3 heterocycles. The molecule has 1 aromatic heterocycles. The number of hydrogen-bond donors (Lipinski definition) is 0. The second-order valence-corrected chi connectivity index (χ2v) is 7.73. The van der Waals surface area contributed by atoms with Crippen molar-refractivity contribution in [3.63, 3.8) is 0 Å². The van der Waals surface area contributed by atoms with Crippen LogP contribution in [0.4, 0.5) is 4.39 Å². The lowest BCUT2D eigenvalue weighted by atomic mass is 10.1. The first kappa shape index (κ1) is 20.0. The van der Waals surface area contributed by atoms with Crippen LogP contribution < -0.4 is 0 Å². The normalized spacial score (nSPS) is 21.4. The van der Waals surface area contributed by atoms with Crippen molar-refractivity contribution in [2.75, 3.05) is 52.4 Å². The van der Waals surface area contributed by atoms with Crippen molar-refractivity contribution in [3.05, 3.63) is 53.2 Å². The van der Waals surface area contributed by atoms with Crippen LogP contribution in [-0.2, 0) is 16.1 Å². The zero-order chi connectivity index (χ0) is 20.2. The highest BCUT2D eigenvalue weighted by Gasteiger charge is 2.27. The maximum atomic E-state index is 13.1. The molecule has 0 aliphatic carbocycles. The van der Waals surface area contributed by atoms with Gasteiger partial charge in [-0.05, 0) is 24.6 Å². The summed E-state index contributed by atoms with van der Waals surface area (Å²) in [6.45, 7) is 8.22. The fourth-order valence-corrected chi connectivity index (χ4v) is 3.87. The maximum absolute atomic E-state index is 13.1. The summed E-state index contributed by atoms with van der Waals surface area (Å²) in [5, 5.41) is 4.05. The Labute approximate surface area is 170 Å². The topological polar surface area (TPSA) is 62.0 Å². The Kier molecular flexibility index (Phi) is 6.22. The molecule has 2 aliphatic rings. The zero-order valence-electron chi connectivity index (χ0n) is 16.7. The molecular formula is C21H27FN4O3. The van der Waals surface area contributed by atoms with Gasteiger partial charge in [-0.25, -0.2) is 4.39 Å². The fourth-order valence-electron chi connectivity index (χ4n) is 3.87. The smallest absolute Gasteiger partial charge is 0.236 e. The third-order valence-corrected chi connectivity index (χ3v) is 5.55.